The van der Waals surface area contributed by atoms with Gasteiger partial charge < -0.3 is 9.80 Å². The summed E-state index contributed by atoms with van der Waals surface area (Å²) in [4.78, 5) is 3.90. The van der Waals surface area contributed by atoms with Crippen LogP contribution in [-0.4, -0.2) is 38.1 Å². The van der Waals surface area contributed by atoms with Crippen molar-refractivity contribution in [1.29, 1.82) is 0 Å². The molecule has 106 valence electrons. The van der Waals surface area contributed by atoms with Gasteiger partial charge in [0.1, 0.15) is 17.3 Å². The number of anilines is 1. The zero-order chi connectivity index (χ0) is 14.0. The van der Waals surface area contributed by atoms with Crippen molar-refractivity contribution < 1.29 is 8.78 Å². The normalized spacial score (nSPS) is 19.9. The lowest BCUT2D eigenvalue weighted by Gasteiger charge is -2.28. The minimum atomic E-state index is -0.543. The van der Waals surface area contributed by atoms with E-state index in [9.17, 15) is 8.78 Å². The maximum Gasteiger partial charge on any atom is 0.149 e. The first-order chi connectivity index (χ1) is 9.02. The van der Waals surface area contributed by atoms with Crippen LogP contribution >= 0.6 is 11.6 Å². The van der Waals surface area contributed by atoms with E-state index in [1.54, 1.807) is 11.9 Å². The van der Waals surface area contributed by atoms with E-state index in [0.29, 0.717) is 18.2 Å². The van der Waals surface area contributed by atoms with Gasteiger partial charge in [0.05, 0.1) is 0 Å². The van der Waals surface area contributed by atoms with Gasteiger partial charge in [0, 0.05) is 25.5 Å². The van der Waals surface area contributed by atoms with E-state index >= 15 is 0 Å². The molecule has 1 atom stereocenters. The van der Waals surface area contributed by atoms with Crippen molar-refractivity contribution in [2.24, 2.45) is 0 Å². The van der Waals surface area contributed by atoms with Gasteiger partial charge in [-0.15, -0.1) is 11.6 Å². The molecule has 0 aliphatic carbocycles. The number of rotatable bonds is 4. The fraction of sp³-hybridized carbons (Fsp3) is 0.571. The number of benzene rings is 1. The maximum atomic E-state index is 14.0. The Balaban J connectivity index is 2.16. The van der Waals surface area contributed by atoms with Crippen LogP contribution in [0.3, 0.4) is 0 Å². The largest absolute Gasteiger partial charge is 0.368 e. The Bertz CT molecular complexity index is 430. The van der Waals surface area contributed by atoms with Gasteiger partial charge in [-0.2, -0.15) is 0 Å². The molecule has 1 aromatic rings. The average molecular weight is 289 g/mol. The van der Waals surface area contributed by atoms with Crippen LogP contribution in [0.25, 0.3) is 0 Å². The third-order valence-corrected chi connectivity index (χ3v) is 4.08. The molecular weight excluding hydrogens is 270 g/mol. The molecule has 2 nitrogen and oxygen atoms in total. The minimum absolute atomic E-state index is 0.0363. The van der Waals surface area contributed by atoms with Crippen LogP contribution in [0.1, 0.15) is 18.4 Å². The van der Waals surface area contributed by atoms with Crippen LogP contribution in [0, 0.1) is 11.6 Å². The Kier molecular flexibility index (Phi) is 4.63. The molecule has 1 aliphatic rings. The van der Waals surface area contributed by atoms with Gasteiger partial charge in [-0.3, -0.25) is 0 Å². The summed E-state index contributed by atoms with van der Waals surface area (Å²) in [5.74, 6) is -0.971. The Morgan fingerprint density at radius 1 is 1.37 bits per heavy atom. The highest BCUT2D eigenvalue weighted by molar-refractivity contribution is 6.17. The van der Waals surface area contributed by atoms with E-state index in [0.717, 1.165) is 19.4 Å². The summed E-state index contributed by atoms with van der Waals surface area (Å²) in [7, 11) is 3.78. The van der Waals surface area contributed by atoms with Crippen molar-refractivity contribution in [1.82, 2.24) is 4.90 Å². The first-order valence-electron chi connectivity index (χ1n) is 6.48. The second-order valence-corrected chi connectivity index (χ2v) is 5.47. The van der Waals surface area contributed by atoms with Crippen molar-refractivity contribution in [2.45, 2.75) is 24.8 Å². The molecule has 1 aromatic carbocycles. The van der Waals surface area contributed by atoms with Crippen LogP contribution in [0.15, 0.2) is 12.1 Å². The number of alkyl halides is 1. The Hall–Kier alpha value is -0.870. The van der Waals surface area contributed by atoms with Crippen LogP contribution in [0.4, 0.5) is 14.5 Å². The second-order valence-electron chi connectivity index (χ2n) is 5.20. The third kappa shape index (κ3) is 3.18. The van der Waals surface area contributed by atoms with Gasteiger partial charge in [-0.05, 0) is 44.1 Å². The van der Waals surface area contributed by atoms with Gasteiger partial charge in [0.2, 0.25) is 0 Å². The fourth-order valence-corrected chi connectivity index (χ4v) is 2.83. The molecule has 0 N–H and O–H groups in total. The minimum Gasteiger partial charge on any atom is -0.368 e. The van der Waals surface area contributed by atoms with E-state index in [1.165, 1.54) is 12.1 Å². The summed E-state index contributed by atoms with van der Waals surface area (Å²) in [6.07, 6.45) is 2.22. The molecule has 1 fully saturated rings. The fourth-order valence-electron chi connectivity index (χ4n) is 2.68. The number of hydrogen-bond donors (Lipinski definition) is 0. The maximum absolute atomic E-state index is 14.0. The number of likely N-dealkylation sites (tertiary alicyclic amines) is 1. The van der Waals surface area contributed by atoms with Crippen molar-refractivity contribution in [3.8, 4) is 0 Å². The molecule has 1 unspecified atom stereocenters. The monoisotopic (exact) mass is 288 g/mol. The summed E-state index contributed by atoms with van der Waals surface area (Å²) in [5.41, 5.74) is 0.501. The second kappa shape index (κ2) is 6.06. The van der Waals surface area contributed by atoms with Crippen LogP contribution in [0.5, 0.6) is 0 Å². The quantitative estimate of drug-likeness (QED) is 0.785. The molecular formula is C14H19ClF2N2. The molecule has 0 amide bonds. The Morgan fingerprint density at radius 2 is 2.00 bits per heavy atom. The highest BCUT2D eigenvalue weighted by atomic mass is 35.5. The molecule has 0 radical (unpaired) electrons. The summed E-state index contributed by atoms with van der Waals surface area (Å²) < 4.78 is 27.9. The first kappa shape index (κ1) is 14.5. The lowest BCUT2D eigenvalue weighted by molar-refractivity contribution is 0.313. The van der Waals surface area contributed by atoms with Crippen LogP contribution < -0.4 is 4.90 Å². The number of nitrogens with zero attached hydrogens (tertiary/aromatic N) is 2. The molecule has 0 bridgehead atoms. The molecule has 5 heteroatoms. The summed E-state index contributed by atoms with van der Waals surface area (Å²) in [5, 5.41) is 0. The first-order valence-corrected chi connectivity index (χ1v) is 7.01. The van der Waals surface area contributed by atoms with Crippen molar-refractivity contribution in [2.75, 3.05) is 32.1 Å². The average Bonchev–Trinajstić information content (AvgIpc) is 2.74. The topological polar surface area (TPSA) is 6.48 Å². The number of halogens is 3. The summed E-state index contributed by atoms with van der Waals surface area (Å²) in [6, 6.07) is 2.97. The summed E-state index contributed by atoms with van der Waals surface area (Å²) in [6.45, 7) is 1.68. The van der Waals surface area contributed by atoms with Crippen molar-refractivity contribution >= 4 is 17.3 Å². The van der Waals surface area contributed by atoms with Crippen LogP contribution in [-0.2, 0) is 5.88 Å². The van der Waals surface area contributed by atoms with Crippen molar-refractivity contribution in [3.63, 3.8) is 0 Å². The SMILES string of the molecule is CN(CC1CCCN1C)c1c(F)cc(CCl)cc1F. The summed E-state index contributed by atoms with van der Waals surface area (Å²) >= 11 is 5.61. The third-order valence-electron chi connectivity index (χ3n) is 3.77. The molecule has 1 aliphatic heterocycles. The Labute approximate surface area is 117 Å². The predicted octanol–water partition coefficient (Wildman–Crippen LogP) is 3.23. The molecule has 19 heavy (non-hydrogen) atoms. The highest BCUT2D eigenvalue weighted by Crippen LogP contribution is 2.26. The molecule has 1 heterocycles. The molecule has 1 saturated heterocycles. The molecule has 0 saturated carbocycles. The van der Waals surface area contributed by atoms with Gasteiger partial charge >= 0.3 is 0 Å². The van der Waals surface area contributed by atoms with E-state index < -0.39 is 11.6 Å². The standard InChI is InChI=1S/C14H19ClF2N2/c1-18-5-3-4-11(18)9-19(2)14-12(16)6-10(8-15)7-13(14)17/h6-7,11H,3-5,8-9H2,1-2H3. The van der Waals surface area contributed by atoms with Crippen LogP contribution in [0.2, 0.25) is 0 Å². The zero-order valence-corrected chi connectivity index (χ0v) is 12.1. The lowest BCUT2D eigenvalue weighted by atomic mass is 10.1. The number of likely N-dealkylation sites (N-methyl/N-ethyl adjacent to an activating group) is 2. The molecule has 2 rings (SSSR count). The van der Waals surface area contributed by atoms with Gasteiger partial charge in [0.25, 0.3) is 0 Å². The molecule has 0 spiro atoms. The van der Waals surface area contributed by atoms with E-state index in [1.807, 2.05) is 0 Å². The van der Waals surface area contributed by atoms with Gasteiger partial charge in [-0.1, -0.05) is 0 Å². The Morgan fingerprint density at radius 3 is 2.47 bits per heavy atom. The number of hydrogen-bond acceptors (Lipinski definition) is 2. The zero-order valence-electron chi connectivity index (χ0n) is 11.3. The predicted molar refractivity (Wildman–Crippen MR) is 74.8 cm³/mol. The highest BCUT2D eigenvalue weighted by Gasteiger charge is 2.24. The van der Waals surface area contributed by atoms with Gasteiger partial charge in [-0.25, -0.2) is 8.78 Å². The smallest absolute Gasteiger partial charge is 0.149 e. The lowest BCUT2D eigenvalue weighted by Crippen LogP contribution is -2.37. The molecule has 0 aromatic heterocycles. The van der Waals surface area contributed by atoms with Crippen molar-refractivity contribution in [3.05, 3.63) is 29.3 Å². The van der Waals surface area contributed by atoms with E-state index in [-0.39, 0.29) is 11.6 Å². The van der Waals surface area contributed by atoms with E-state index in [4.69, 9.17) is 11.6 Å². The van der Waals surface area contributed by atoms with Gasteiger partial charge in [0.15, 0.2) is 0 Å². The van der Waals surface area contributed by atoms with E-state index in [2.05, 4.69) is 11.9 Å².